The number of amides is 1. The van der Waals surface area contributed by atoms with Gasteiger partial charge in [-0.2, -0.15) is 10.1 Å². The van der Waals surface area contributed by atoms with Gasteiger partial charge >= 0.3 is 12.1 Å². The summed E-state index contributed by atoms with van der Waals surface area (Å²) in [7, 11) is 0. The van der Waals surface area contributed by atoms with Crippen LogP contribution >= 0.6 is 0 Å². The molecule has 1 saturated heterocycles. The van der Waals surface area contributed by atoms with Crippen molar-refractivity contribution in [2.45, 2.75) is 70.9 Å². The lowest BCUT2D eigenvalue weighted by atomic mass is 10.1. The molecule has 0 radical (unpaired) electrons. The molecule has 6 rings (SSSR count). The number of pyridine rings is 1. The molecule has 4 heterocycles. The van der Waals surface area contributed by atoms with E-state index in [-0.39, 0.29) is 36.9 Å². The van der Waals surface area contributed by atoms with Gasteiger partial charge < -0.3 is 28.8 Å². The number of rotatable bonds is 11. The average Bonchev–Trinajstić information content (AvgIpc) is 3.79. The summed E-state index contributed by atoms with van der Waals surface area (Å²) in [6.07, 6.45) is 4.94. The monoisotopic (exact) mass is 684 g/mol. The van der Waals surface area contributed by atoms with E-state index >= 15 is 4.39 Å². The van der Waals surface area contributed by atoms with Crippen LogP contribution in [0.15, 0.2) is 83.6 Å². The number of alkyl carbamates (subject to hydrolysis) is 1. The minimum Gasteiger partial charge on any atom is -0.459 e. The summed E-state index contributed by atoms with van der Waals surface area (Å²) in [5.41, 5.74) is 1.83. The van der Waals surface area contributed by atoms with Crippen molar-refractivity contribution >= 4 is 12.1 Å². The zero-order valence-corrected chi connectivity index (χ0v) is 27.9. The van der Waals surface area contributed by atoms with Crippen molar-refractivity contribution in [3.8, 4) is 34.3 Å². The molecule has 50 heavy (non-hydrogen) atoms. The van der Waals surface area contributed by atoms with Crippen LogP contribution in [0.4, 0.5) is 9.18 Å². The Labute approximate surface area is 287 Å². The van der Waals surface area contributed by atoms with Crippen molar-refractivity contribution in [2.24, 2.45) is 0 Å². The Morgan fingerprint density at radius 1 is 1.06 bits per heavy atom. The van der Waals surface area contributed by atoms with Gasteiger partial charge in [-0.3, -0.25) is 0 Å². The second kappa shape index (κ2) is 15.3. The van der Waals surface area contributed by atoms with E-state index in [9.17, 15) is 9.59 Å². The molecule has 0 spiro atoms. The number of ether oxygens (including phenoxy) is 4. The number of nitrogens with one attached hydrogen (secondary N) is 1. The number of carbonyl (C=O) groups is 2. The summed E-state index contributed by atoms with van der Waals surface area (Å²) in [5, 5.41) is 11.0. The van der Waals surface area contributed by atoms with E-state index in [0.717, 1.165) is 24.8 Å². The van der Waals surface area contributed by atoms with Gasteiger partial charge in [-0.15, -0.1) is 0 Å². The highest BCUT2D eigenvalue weighted by atomic mass is 19.1. The number of hydrogen-bond donors (Lipinski definition) is 1. The average molecular weight is 685 g/mol. The van der Waals surface area contributed by atoms with E-state index in [4.69, 9.17) is 23.5 Å². The van der Waals surface area contributed by atoms with Crippen molar-refractivity contribution < 1.29 is 37.5 Å². The van der Waals surface area contributed by atoms with Gasteiger partial charge in [0.2, 0.25) is 11.7 Å². The van der Waals surface area contributed by atoms with Crippen LogP contribution in [0.5, 0.6) is 11.6 Å². The number of carbonyl (C=O) groups excluding carboxylic acids is 2. The number of benzene rings is 2. The van der Waals surface area contributed by atoms with Crippen LogP contribution in [0.1, 0.15) is 57.7 Å². The van der Waals surface area contributed by atoms with Crippen LogP contribution in [0.3, 0.4) is 0 Å². The molecule has 2 atom stereocenters. The van der Waals surface area contributed by atoms with Gasteiger partial charge in [-0.1, -0.05) is 35.5 Å². The van der Waals surface area contributed by atoms with Crippen molar-refractivity contribution in [3.63, 3.8) is 0 Å². The first kappa shape index (κ1) is 34.2. The Bertz CT molecular complexity index is 1900. The van der Waals surface area contributed by atoms with E-state index in [1.54, 1.807) is 62.0 Å². The maximum absolute atomic E-state index is 15.2. The number of halogens is 1. The van der Waals surface area contributed by atoms with Crippen LogP contribution in [-0.4, -0.2) is 55.2 Å². The van der Waals surface area contributed by atoms with E-state index < -0.39 is 29.5 Å². The third-order valence-electron chi connectivity index (χ3n) is 7.58. The smallest absolute Gasteiger partial charge is 0.408 e. The summed E-state index contributed by atoms with van der Waals surface area (Å²) in [6, 6.07) is 17.7. The van der Waals surface area contributed by atoms with Gasteiger partial charge in [0.15, 0.2) is 12.0 Å². The molecule has 2 aromatic carbocycles. The zero-order valence-electron chi connectivity index (χ0n) is 27.9. The molecule has 0 aliphatic carbocycles. The fraction of sp³-hybridized carbons (Fsp3) is 0.333. The Morgan fingerprint density at radius 3 is 2.58 bits per heavy atom. The molecule has 1 aliphatic heterocycles. The van der Waals surface area contributed by atoms with Crippen LogP contribution in [0.25, 0.3) is 22.6 Å². The molecule has 3 aromatic heterocycles. The number of aromatic nitrogens is 5. The normalized spacial score (nSPS) is 15.2. The maximum atomic E-state index is 15.2. The second-order valence-corrected chi connectivity index (χ2v) is 12.6. The molecule has 0 saturated carbocycles. The summed E-state index contributed by atoms with van der Waals surface area (Å²) < 4.78 is 44.7. The third kappa shape index (κ3) is 8.88. The van der Waals surface area contributed by atoms with Crippen LogP contribution in [0.2, 0.25) is 0 Å². The lowest BCUT2D eigenvalue weighted by molar-refractivity contribution is -0.147. The summed E-state index contributed by atoms with van der Waals surface area (Å²) >= 11 is 0. The Morgan fingerprint density at radius 2 is 1.86 bits per heavy atom. The summed E-state index contributed by atoms with van der Waals surface area (Å²) in [5.74, 6) is -0.874. The Balaban J connectivity index is 1.10. The van der Waals surface area contributed by atoms with Crippen LogP contribution in [-0.2, 0) is 32.0 Å². The highest BCUT2D eigenvalue weighted by molar-refractivity contribution is 5.81. The molecular weight excluding hydrogens is 647 g/mol. The Hall–Kier alpha value is -5.63. The molecule has 2 unspecified atom stereocenters. The number of esters is 1. The first-order chi connectivity index (χ1) is 24.1. The molecule has 14 heteroatoms. The predicted molar refractivity (Wildman–Crippen MR) is 177 cm³/mol. The van der Waals surface area contributed by atoms with Crippen molar-refractivity contribution in [2.75, 3.05) is 6.61 Å². The van der Waals surface area contributed by atoms with Crippen molar-refractivity contribution in [1.82, 2.24) is 30.2 Å². The molecule has 1 amide bonds. The SMILES string of the molecule is CC(C)(C)OC(=O)NC(Cc1nc(-c2ccc(Oc3ncc(-c4ccnn4C4CCCCO4)cc3F)cc2)no1)C(=O)OCc1ccccc1. The van der Waals surface area contributed by atoms with Crippen LogP contribution in [0, 0.1) is 5.82 Å². The molecule has 5 aromatic rings. The molecule has 1 N–H and O–H groups in total. The lowest BCUT2D eigenvalue weighted by Crippen LogP contribution is -2.45. The highest BCUT2D eigenvalue weighted by Crippen LogP contribution is 2.31. The molecule has 13 nitrogen and oxygen atoms in total. The van der Waals surface area contributed by atoms with Crippen molar-refractivity contribution in [3.05, 3.63) is 96.4 Å². The highest BCUT2D eigenvalue weighted by Gasteiger charge is 2.28. The predicted octanol–water partition coefficient (Wildman–Crippen LogP) is 6.80. The minimum absolute atomic E-state index is 0.0146. The zero-order chi connectivity index (χ0) is 35.1. The van der Waals surface area contributed by atoms with Gasteiger partial charge in [0.1, 0.15) is 24.0 Å². The molecule has 260 valence electrons. The third-order valence-corrected chi connectivity index (χ3v) is 7.58. The fourth-order valence-electron chi connectivity index (χ4n) is 5.22. The van der Waals surface area contributed by atoms with Gasteiger partial charge in [-0.05, 0) is 82.0 Å². The van der Waals surface area contributed by atoms with Gasteiger partial charge in [0.25, 0.3) is 5.88 Å². The summed E-state index contributed by atoms with van der Waals surface area (Å²) in [4.78, 5) is 34.2. The van der Waals surface area contributed by atoms with Crippen LogP contribution < -0.4 is 10.1 Å². The topological polar surface area (TPSA) is 153 Å². The van der Waals surface area contributed by atoms with E-state index in [1.807, 2.05) is 30.3 Å². The second-order valence-electron chi connectivity index (χ2n) is 12.6. The van der Waals surface area contributed by atoms with Gasteiger partial charge in [-0.25, -0.2) is 23.6 Å². The quantitative estimate of drug-likeness (QED) is 0.146. The number of nitrogens with zero attached hydrogens (tertiary/aromatic N) is 5. The fourth-order valence-corrected chi connectivity index (χ4v) is 5.22. The molecular formula is C36H37FN6O7. The Kier molecular flexibility index (Phi) is 10.5. The molecule has 1 aliphatic rings. The molecule has 1 fully saturated rings. The first-order valence-corrected chi connectivity index (χ1v) is 16.2. The number of hydrogen-bond acceptors (Lipinski definition) is 11. The summed E-state index contributed by atoms with van der Waals surface area (Å²) in [6.45, 7) is 5.82. The van der Waals surface area contributed by atoms with E-state index in [1.165, 1.54) is 12.3 Å². The minimum atomic E-state index is -1.16. The molecule has 0 bridgehead atoms. The maximum Gasteiger partial charge on any atom is 0.408 e. The standard InChI is InChI=1S/C36H37FN6O7/c1-36(2,3)49-35(45)40-28(34(44)47-22-23-9-5-4-6-10-23)20-30-41-32(42-50-30)24-12-14-26(15-13-24)48-33-27(37)19-25(21-38-33)29-16-17-39-43(29)31-11-7-8-18-46-31/h4-6,9-10,12-17,19,21,28,31H,7-8,11,18,20,22H2,1-3H3,(H,40,45). The van der Waals surface area contributed by atoms with E-state index in [2.05, 4.69) is 25.5 Å². The largest absolute Gasteiger partial charge is 0.459 e. The van der Waals surface area contributed by atoms with Gasteiger partial charge in [0, 0.05) is 30.1 Å². The lowest BCUT2D eigenvalue weighted by Gasteiger charge is -2.24. The first-order valence-electron chi connectivity index (χ1n) is 16.2. The van der Waals surface area contributed by atoms with E-state index in [0.29, 0.717) is 29.2 Å². The van der Waals surface area contributed by atoms with Gasteiger partial charge in [0.05, 0.1) is 12.1 Å². The van der Waals surface area contributed by atoms with Crippen molar-refractivity contribution in [1.29, 1.82) is 0 Å².